The van der Waals surface area contributed by atoms with Crippen LogP contribution in [0.2, 0.25) is 0 Å². The maximum atomic E-state index is 12.1. The molecule has 2 aromatic heterocycles. The summed E-state index contributed by atoms with van der Waals surface area (Å²) in [6.07, 6.45) is 1.90. The molecule has 0 unspecified atom stereocenters. The molecule has 0 bridgehead atoms. The molecule has 0 fully saturated rings. The topological polar surface area (TPSA) is 63.6 Å². The maximum Gasteiger partial charge on any atom is 0.269 e. The Morgan fingerprint density at radius 3 is 2.68 bits per heavy atom. The molecule has 0 spiro atoms. The Kier molecular flexibility index (Phi) is 3.52. The van der Waals surface area contributed by atoms with E-state index >= 15 is 0 Å². The Morgan fingerprint density at radius 1 is 1.37 bits per heavy atom. The summed E-state index contributed by atoms with van der Waals surface area (Å²) < 4.78 is 3.43. The lowest BCUT2D eigenvalue weighted by Crippen LogP contribution is -2.25. The minimum Gasteiger partial charge on any atom is -0.306 e. The van der Waals surface area contributed by atoms with Gasteiger partial charge in [-0.25, -0.2) is 0 Å². The summed E-state index contributed by atoms with van der Waals surface area (Å²) in [7, 11) is 0. The fourth-order valence-corrected chi connectivity index (χ4v) is 1.86. The fourth-order valence-electron chi connectivity index (χ4n) is 1.86. The fraction of sp³-hybridized carbons (Fsp3) is 0.357. The lowest BCUT2D eigenvalue weighted by Gasteiger charge is -2.08. The van der Waals surface area contributed by atoms with E-state index in [0.29, 0.717) is 6.54 Å². The van der Waals surface area contributed by atoms with Crippen LogP contribution in [0.25, 0.3) is 0 Å². The third-order valence-corrected chi connectivity index (χ3v) is 3.03. The van der Waals surface area contributed by atoms with Gasteiger partial charge in [0, 0.05) is 17.9 Å². The number of nitrogens with zero attached hydrogens (tertiary/aromatic N) is 4. The third kappa shape index (κ3) is 2.58. The lowest BCUT2D eigenvalue weighted by molar-refractivity contribution is 0.522. The van der Waals surface area contributed by atoms with Crippen molar-refractivity contribution in [3.8, 4) is 6.07 Å². The van der Waals surface area contributed by atoms with Gasteiger partial charge in [-0.15, -0.1) is 0 Å². The summed E-state index contributed by atoms with van der Waals surface area (Å²) in [6.45, 7) is 6.33. The standard InChI is InChI=1S/C14H16N4O/c1-10(2)18-7-6-13(16-18)9-17-11(3)4-5-12(8-15)14(17)19/h4-7,10H,9H2,1-3H3. The van der Waals surface area contributed by atoms with Gasteiger partial charge in [-0.05, 0) is 39.0 Å². The van der Waals surface area contributed by atoms with Gasteiger partial charge in [0.1, 0.15) is 11.6 Å². The Morgan fingerprint density at radius 2 is 2.11 bits per heavy atom. The second-order valence-corrected chi connectivity index (χ2v) is 4.77. The minimum absolute atomic E-state index is 0.161. The monoisotopic (exact) mass is 256 g/mol. The highest BCUT2D eigenvalue weighted by Gasteiger charge is 2.08. The molecule has 0 N–H and O–H groups in total. The molecule has 0 aromatic carbocycles. The van der Waals surface area contributed by atoms with Crippen LogP contribution in [-0.2, 0) is 6.54 Å². The van der Waals surface area contributed by atoms with E-state index in [9.17, 15) is 4.79 Å². The summed E-state index contributed by atoms with van der Waals surface area (Å²) in [6, 6.07) is 7.43. The second kappa shape index (κ2) is 5.11. The Balaban J connectivity index is 2.38. The van der Waals surface area contributed by atoms with Crippen LogP contribution in [0, 0.1) is 18.3 Å². The van der Waals surface area contributed by atoms with Crippen LogP contribution in [0.4, 0.5) is 0 Å². The molecule has 0 aliphatic carbocycles. The predicted molar refractivity (Wildman–Crippen MR) is 71.9 cm³/mol. The summed E-state index contributed by atoms with van der Waals surface area (Å²) in [5.41, 5.74) is 1.53. The molecule has 0 aliphatic rings. The molecule has 0 saturated carbocycles. The van der Waals surface area contributed by atoms with Crippen LogP contribution in [0.15, 0.2) is 29.2 Å². The average molecular weight is 256 g/mol. The van der Waals surface area contributed by atoms with Crippen LogP contribution >= 0.6 is 0 Å². The molecule has 0 radical (unpaired) electrons. The van der Waals surface area contributed by atoms with Gasteiger partial charge in [0.15, 0.2) is 0 Å². The van der Waals surface area contributed by atoms with E-state index in [1.54, 1.807) is 16.7 Å². The molecule has 5 nitrogen and oxygen atoms in total. The number of aromatic nitrogens is 3. The van der Waals surface area contributed by atoms with Crippen molar-refractivity contribution in [2.45, 2.75) is 33.4 Å². The predicted octanol–water partition coefficient (Wildman–Crippen LogP) is 1.85. The Bertz CT molecular complexity index is 688. The van der Waals surface area contributed by atoms with Gasteiger partial charge < -0.3 is 4.57 Å². The highest BCUT2D eigenvalue weighted by molar-refractivity contribution is 5.27. The van der Waals surface area contributed by atoms with Crippen molar-refractivity contribution in [3.05, 3.63) is 51.7 Å². The first-order valence-corrected chi connectivity index (χ1v) is 6.17. The van der Waals surface area contributed by atoms with Crippen molar-refractivity contribution in [1.29, 1.82) is 5.26 Å². The first kappa shape index (κ1) is 13.1. The van der Waals surface area contributed by atoms with E-state index in [-0.39, 0.29) is 17.2 Å². The molecule has 2 aromatic rings. The van der Waals surface area contributed by atoms with Gasteiger partial charge in [0.2, 0.25) is 0 Å². The maximum absolute atomic E-state index is 12.1. The van der Waals surface area contributed by atoms with Crippen molar-refractivity contribution in [1.82, 2.24) is 14.3 Å². The molecular weight excluding hydrogens is 240 g/mol. The van der Waals surface area contributed by atoms with E-state index in [2.05, 4.69) is 5.10 Å². The van der Waals surface area contributed by atoms with Gasteiger partial charge >= 0.3 is 0 Å². The summed E-state index contributed by atoms with van der Waals surface area (Å²) >= 11 is 0. The number of hydrogen-bond acceptors (Lipinski definition) is 3. The highest BCUT2D eigenvalue weighted by atomic mass is 16.1. The number of hydrogen-bond donors (Lipinski definition) is 0. The van der Waals surface area contributed by atoms with Crippen LogP contribution in [-0.4, -0.2) is 14.3 Å². The minimum atomic E-state index is -0.262. The second-order valence-electron chi connectivity index (χ2n) is 4.77. The van der Waals surface area contributed by atoms with Crippen LogP contribution in [0.3, 0.4) is 0 Å². The summed E-state index contributed by atoms with van der Waals surface area (Å²) in [4.78, 5) is 12.1. The Labute approximate surface area is 111 Å². The van der Waals surface area contributed by atoms with E-state index in [1.165, 1.54) is 0 Å². The number of aryl methyl sites for hydroxylation is 1. The van der Waals surface area contributed by atoms with E-state index in [4.69, 9.17) is 5.26 Å². The number of pyridine rings is 1. The van der Waals surface area contributed by atoms with Crippen molar-refractivity contribution in [2.24, 2.45) is 0 Å². The largest absolute Gasteiger partial charge is 0.306 e. The summed E-state index contributed by atoms with van der Waals surface area (Å²) in [5, 5.41) is 13.3. The Hall–Kier alpha value is -2.35. The zero-order chi connectivity index (χ0) is 14.0. The molecule has 0 atom stereocenters. The molecule has 5 heteroatoms. The normalized spacial score (nSPS) is 10.7. The molecule has 0 amide bonds. The highest BCUT2D eigenvalue weighted by Crippen LogP contribution is 2.06. The first-order valence-electron chi connectivity index (χ1n) is 6.17. The van der Waals surface area contributed by atoms with E-state index < -0.39 is 0 Å². The van der Waals surface area contributed by atoms with Crippen molar-refractivity contribution in [3.63, 3.8) is 0 Å². The SMILES string of the molecule is Cc1ccc(C#N)c(=O)n1Cc1ccn(C(C)C)n1. The van der Waals surface area contributed by atoms with E-state index in [1.807, 2.05) is 43.8 Å². The zero-order valence-electron chi connectivity index (χ0n) is 11.3. The molecule has 0 saturated heterocycles. The molecular formula is C14H16N4O. The van der Waals surface area contributed by atoms with Crippen molar-refractivity contribution >= 4 is 0 Å². The quantitative estimate of drug-likeness (QED) is 0.842. The summed E-state index contributed by atoms with van der Waals surface area (Å²) in [5.74, 6) is 0. The zero-order valence-corrected chi connectivity index (χ0v) is 11.3. The van der Waals surface area contributed by atoms with Gasteiger partial charge in [-0.3, -0.25) is 9.48 Å². The molecule has 19 heavy (non-hydrogen) atoms. The third-order valence-electron chi connectivity index (χ3n) is 3.03. The smallest absolute Gasteiger partial charge is 0.269 e. The first-order chi connectivity index (χ1) is 9.02. The van der Waals surface area contributed by atoms with Gasteiger partial charge in [0.05, 0.1) is 12.2 Å². The van der Waals surface area contributed by atoms with Crippen LogP contribution in [0.1, 0.15) is 36.8 Å². The van der Waals surface area contributed by atoms with Crippen LogP contribution in [0.5, 0.6) is 0 Å². The molecule has 98 valence electrons. The van der Waals surface area contributed by atoms with Crippen molar-refractivity contribution in [2.75, 3.05) is 0 Å². The van der Waals surface area contributed by atoms with Crippen LogP contribution < -0.4 is 5.56 Å². The van der Waals surface area contributed by atoms with Gasteiger partial charge in [-0.2, -0.15) is 10.4 Å². The van der Waals surface area contributed by atoms with Crippen molar-refractivity contribution < 1.29 is 0 Å². The van der Waals surface area contributed by atoms with Gasteiger partial charge in [-0.1, -0.05) is 0 Å². The van der Waals surface area contributed by atoms with Gasteiger partial charge in [0.25, 0.3) is 5.56 Å². The molecule has 2 heterocycles. The number of rotatable bonds is 3. The average Bonchev–Trinajstić information content (AvgIpc) is 2.83. The number of nitriles is 1. The lowest BCUT2D eigenvalue weighted by atomic mass is 10.2. The van der Waals surface area contributed by atoms with E-state index in [0.717, 1.165) is 11.4 Å². The molecule has 2 rings (SSSR count). The molecule has 0 aliphatic heterocycles.